The summed E-state index contributed by atoms with van der Waals surface area (Å²) < 4.78 is 7.49. The lowest BCUT2D eigenvalue weighted by atomic mass is 9.73. The van der Waals surface area contributed by atoms with Crippen molar-refractivity contribution in [3.05, 3.63) is 40.6 Å². The van der Waals surface area contributed by atoms with Gasteiger partial charge in [0.1, 0.15) is 11.3 Å². The molecule has 0 radical (unpaired) electrons. The van der Waals surface area contributed by atoms with Gasteiger partial charge in [0.2, 0.25) is 0 Å². The summed E-state index contributed by atoms with van der Waals surface area (Å²) in [5.41, 5.74) is 8.55. The number of nitrogens with zero attached hydrogens (tertiary/aromatic N) is 5. The summed E-state index contributed by atoms with van der Waals surface area (Å²) in [4.78, 5) is 11.7. The van der Waals surface area contributed by atoms with Gasteiger partial charge >= 0.3 is 0 Å². The lowest BCUT2D eigenvalue weighted by Crippen LogP contribution is -2.50. The van der Waals surface area contributed by atoms with Crippen molar-refractivity contribution < 1.29 is 4.74 Å². The number of aromatic nitrogens is 4. The molecule has 2 aliphatic heterocycles. The lowest BCUT2D eigenvalue weighted by molar-refractivity contribution is 0.0974. The number of hydrogen-bond acceptors (Lipinski definition) is 6. The molecular formula is C20H22Cl2N6O. The van der Waals surface area contributed by atoms with E-state index >= 15 is 0 Å². The summed E-state index contributed by atoms with van der Waals surface area (Å²) in [6, 6.07) is 5.53. The zero-order valence-electron chi connectivity index (χ0n) is 16.1. The van der Waals surface area contributed by atoms with Crippen molar-refractivity contribution in [2.24, 2.45) is 11.1 Å². The summed E-state index contributed by atoms with van der Waals surface area (Å²) in [5, 5.41) is 5.34. The molecule has 2 aliphatic rings. The van der Waals surface area contributed by atoms with E-state index in [1.54, 1.807) is 23.1 Å². The Kier molecular flexibility index (Phi) is 4.66. The summed E-state index contributed by atoms with van der Waals surface area (Å²) >= 11 is 12.5. The Morgan fingerprint density at radius 1 is 1.21 bits per heavy atom. The summed E-state index contributed by atoms with van der Waals surface area (Å²) in [5.74, 6) is 0.852. The Balaban J connectivity index is 1.40. The van der Waals surface area contributed by atoms with Gasteiger partial charge in [0.15, 0.2) is 5.65 Å². The highest BCUT2D eigenvalue weighted by Crippen LogP contribution is 2.41. The van der Waals surface area contributed by atoms with Gasteiger partial charge in [-0.05, 0) is 31.9 Å². The van der Waals surface area contributed by atoms with E-state index < -0.39 is 0 Å². The molecule has 5 rings (SSSR count). The molecule has 0 unspecified atom stereocenters. The SMILES string of the molecule is C[C@@H]1OCC2(CCN(c3cnc4c(cnn4-c4cccc(Cl)c4Cl)n3)CC2)[C@H]1N. The first-order chi connectivity index (χ1) is 14.0. The third-order valence-electron chi connectivity index (χ3n) is 6.35. The number of piperidine rings is 1. The lowest BCUT2D eigenvalue weighted by Gasteiger charge is -2.41. The molecule has 0 bridgehead atoms. The van der Waals surface area contributed by atoms with Crippen LogP contribution in [0.1, 0.15) is 19.8 Å². The zero-order valence-corrected chi connectivity index (χ0v) is 17.6. The minimum Gasteiger partial charge on any atom is -0.376 e. The standard InChI is InChI=1S/C20H22Cl2N6O/c1-12-18(23)20(11-29-12)5-7-27(8-6-20)16-10-24-19-14(26-16)9-25-28(19)15-4-2-3-13(21)17(15)22/h2-4,9-10,12,18H,5-8,11,23H2,1H3/t12-,18-/m0/s1. The Morgan fingerprint density at radius 2 is 2.00 bits per heavy atom. The Hall–Kier alpha value is -1.93. The van der Waals surface area contributed by atoms with E-state index in [-0.39, 0.29) is 17.6 Å². The molecule has 3 aromatic rings. The van der Waals surface area contributed by atoms with Crippen molar-refractivity contribution in [3.63, 3.8) is 0 Å². The van der Waals surface area contributed by atoms with Crippen LogP contribution in [0.5, 0.6) is 0 Å². The van der Waals surface area contributed by atoms with Crippen molar-refractivity contribution in [1.29, 1.82) is 0 Å². The van der Waals surface area contributed by atoms with Crippen LogP contribution in [0.15, 0.2) is 30.6 Å². The second-order valence-corrected chi connectivity index (χ2v) is 8.74. The largest absolute Gasteiger partial charge is 0.376 e. The highest BCUT2D eigenvalue weighted by molar-refractivity contribution is 6.43. The molecule has 2 aromatic heterocycles. The van der Waals surface area contributed by atoms with Gasteiger partial charge in [-0.15, -0.1) is 0 Å². The molecule has 0 saturated carbocycles. The van der Waals surface area contributed by atoms with Gasteiger partial charge in [-0.3, -0.25) is 0 Å². The minimum absolute atomic E-state index is 0.0850. The Labute approximate surface area is 178 Å². The third kappa shape index (κ3) is 3.08. The van der Waals surface area contributed by atoms with Gasteiger partial charge in [-0.1, -0.05) is 29.3 Å². The van der Waals surface area contributed by atoms with Gasteiger partial charge in [0.05, 0.1) is 40.8 Å². The molecule has 0 aliphatic carbocycles. The monoisotopic (exact) mass is 432 g/mol. The number of nitrogens with two attached hydrogens (primary N) is 1. The van der Waals surface area contributed by atoms with Crippen LogP contribution in [0, 0.1) is 5.41 Å². The number of benzene rings is 1. The van der Waals surface area contributed by atoms with Crippen LogP contribution in [0.2, 0.25) is 10.0 Å². The van der Waals surface area contributed by atoms with Crippen LogP contribution in [0.4, 0.5) is 5.82 Å². The van der Waals surface area contributed by atoms with Gasteiger partial charge < -0.3 is 15.4 Å². The smallest absolute Gasteiger partial charge is 0.181 e. The van der Waals surface area contributed by atoms with Crippen LogP contribution in [-0.4, -0.2) is 51.6 Å². The number of hydrogen-bond donors (Lipinski definition) is 1. The highest BCUT2D eigenvalue weighted by Gasteiger charge is 2.47. The average molecular weight is 433 g/mol. The van der Waals surface area contributed by atoms with E-state index in [9.17, 15) is 0 Å². The minimum atomic E-state index is 0.0850. The van der Waals surface area contributed by atoms with Crippen molar-refractivity contribution >= 4 is 40.2 Å². The molecule has 152 valence electrons. The molecule has 2 saturated heterocycles. The van der Waals surface area contributed by atoms with Gasteiger partial charge in [-0.2, -0.15) is 5.10 Å². The maximum Gasteiger partial charge on any atom is 0.181 e. The summed E-state index contributed by atoms with van der Waals surface area (Å²) in [6.07, 6.45) is 5.62. The molecule has 4 heterocycles. The number of fused-ring (bicyclic) bond motifs is 1. The normalized spacial score (nSPS) is 23.9. The number of ether oxygens (including phenoxy) is 1. The second-order valence-electron chi connectivity index (χ2n) is 7.96. The van der Waals surface area contributed by atoms with Crippen LogP contribution in [0.3, 0.4) is 0 Å². The fourth-order valence-corrected chi connectivity index (χ4v) is 4.82. The molecule has 7 nitrogen and oxygen atoms in total. The Bertz CT molecular complexity index is 1060. The first kappa shape index (κ1) is 19.1. The molecule has 1 spiro atoms. The van der Waals surface area contributed by atoms with Crippen molar-refractivity contribution in [1.82, 2.24) is 19.7 Å². The quantitative estimate of drug-likeness (QED) is 0.667. The first-order valence-electron chi connectivity index (χ1n) is 9.76. The number of halogens is 2. The summed E-state index contributed by atoms with van der Waals surface area (Å²) in [6.45, 7) is 4.59. The third-order valence-corrected chi connectivity index (χ3v) is 7.16. The van der Waals surface area contributed by atoms with Crippen LogP contribution in [-0.2, 0) is 4.74 Å². The van der Waals surface area contributed by atoms with E-state index in [0.29, 0.717) is 26.9 Å². The maximum absolute atomic E-state index is 6.42. The maximum atomic E-state index is 6.42. The van der Waals surface area contributed by atoms with E-state index in [2.05, 4.69) is 21.9 Å². The van der Waals surface area contributed by atoms with Crippen LogP contribution >= 0.6 is 23.2 Å². The number of anilines is 1. The van der Waals surface area contributed by atoms with Gasteiger partial charge in [0, 0.05) is 24.5 Å². The van der Waals surface area contributed by atoms with Crippen LogP contribution in [0.25, 0.3) is 16.9 Å². The topological polar surface area (TPSA) is 82.1 Å². The molecule has 29 heavy (non-hydrogen) atoms. The first-order valence-corrected chi connectivity index (χ1v) is 10.5. The molecule has 1 aromatic carbocycles. The fraction of sp³-hybridized carbons (Fsp3) is 0.450. The molecule has 2 atom stereocenters. The predicted molar refractivity (Wildman–Crippen MR) is 114 cm³/mol. The van der Waals surface area contributed by atoms with Crippen molar-refractivity contribution in [2.75, 3.05) is 24.6 Å². The Morgan fingerprint density at radius 3 is 2.72 bits per heavy atom. The molecule has 2 N–H and O–H groups in total. The number of rotatable bonds is 2. The molecule has 9 heteroatoms. The van der Waals surface area contributed by atoms with Gasteiger partial charge in [-0.25, -0.2) is 14.6 Å². The van der Waals surface area contributed by atoms with E-state index in [4.69, 9.17) is 38.7 Å². The summed E-state index contributed by atoms with van der Waals surface area (Å²) in [7, 11) is 0. The molecular weight excluding hydrogens is 411 g/mol. The highest BCUT2D eigenvalue weighted by atomic mass is 35.5. The van der Waals surface area contributed by atoms with E-state index in [1.807, 2.05) is 12.1 Å². The molecule has 0 amide bonds. The second kappa shape index (κ2) is 7.09. The average Bonchev–Trinajstić information content (AvgIpc) is 3.27. The van der Waals surface area contributed by atoms with Crippen molar-refractivity contribution in [2.45, 2.75) is 31.9 Å². The predicted octanol–water partition coefficient (Wildman–Crippen LogP) is 3.45. The van der Waals surface area contributed by atoms with Crippen molar-refractivity contribution in [3.8, 4) is 5.69 Å². The van der Waals surface area contributed by atoms with Crippen LogP contribution < -0.4 is 10.6 Å². The fourth-order valence-electron chi connectivity index (χ4n) is 4.44. The van der Waals surface area contributed by atoms with Gasteiger partial charge in [0.25, 0.3) is 0 Å². The van der Waals surface area contributed by atoms with E-state index in [1.165, 1.54) is 0 Å². The van der Waals surface area contributed by atoms with E-state index in [0.717, 1.165) is 38.4 Å². The molecule has 2 fully saturated rings. The zero-order chi connectivity index (χ0) is 20.2.